The van der Waals surface area contributed by atoms with E-state index in [0.717, 1.165) is 22.2 Å². The highest BCUT2D eigenvalue weighted by Gasteiger charge is 2.32. The fraction of sp³-hybridized carbons (Fsp3) is 0.217. The van der Waals surface area contributed by atoms with Crippen LogP contribution in [0.4, 0.5) is 0 Å². The number of nitrogens with zero attached hydrogens (tertiary/aromatic N) is 2. The summed E-state index contributed by atoms with van der Waals surface area (Å²) in [6.07, 6.45) is 0.633. The average molecular weight is 374 g/mol. The van der Waals surface area contributed by atoms with E-state index in [1.54, 1.807) is 19.2 Å². The number of carbonyl (C=O) groups is 1. The van der Waals surface area contributed by atoms with Crippen LogP contribution in [0.2, 0.25) is 0 Å². The van der Waals surface area contributed by atoms with Crippen LogP contribution < -0.4 is 9.47 Å². The van der Waals surface area contributed by atoms with Crippen molar-refractivity contribution in [2.45, 2.75) is 19.4 Å². The van der Waals surface area contributed by atoms with Crippen molar-refractivity contribution in [1.82, 2.24) is 5.01 Å². The van der Waals surface area contributed by atoms with Crippen molar-refractivity contribution in [2.75, 3.05) is 14.2 Å². The zero-order chi connectivity index (χ0) is 19.7. The van der Waals surface area contributed by atoms with Gasteiger partial charge in [0.05, 0.1) is 26.0 Å². The molecule has 5 nitrogen and oxygen atoms in total. The molecule has 1 heterocycles. The highest BCUT2D eigenvalue weighted by molar-refractivity contribution is 6.05. The summed E-state index contributed by atoms with van der Waals surface area (Å²) in [4.78, 5) is 12.3. The lowest BCUT2D eigenvalue weighted by Crippen LogP contribution is -2.24. The van der Waals surface area contributed by atoms with Gasteiger partial charge in [-0.2, -0.15) is 5.10 Å². The van der Waals surface area contributed by atoms with E-state index in [0.29, 0.717) is 17.9 Å². The van der Waals surface area contributed by atoms with E-state index in [2.05, 4.69) is 35.4 Å². The van der Waals surface area contributed by atoms with E-state index >= 15 is 0 Å². The topological polar surface area (TPSA) is 51.1 Å². The molecule has 0 fully saturated rings. The van der Waals surface area contributed by atoms with Gasteiger partial charge < -0.3 is 9.47 Å². The van der Waals surface area contributed by atoms with Crippen LogP contribution in [0.25, 0.3) is 10.8 Å². The Bertz CT molecular complexity index is 1050. The van der Waals surface area contributed by atoms with Crippen LogP contribution in [-0.4, -0.2) is 30.8 Å². The predicted molar refractivity (Wildman–Crippen MR) is 110 cm³/mol. The molecule has 142 valence electrons. The van der Waals surface area contributed by atoms with Gasteiger partial charge in [-0.1, -0.05) is 36.4 Å². The van der Waals surface area contributed by atoms with Crippen LogP contribution >= 0.6 is 0 Å². The molecule has 1 atom stereocenters. The molecule has 5 heteroatoms. The second-order valence-corrected chi connectivity index (χ2v) is 6.84. The maximum absolute atomic E-state index is 12.3. The van der Waals surface area contributed by atoms with E-state index in [1.165, 1.54) is 12.3 Å². The number of hydrazone groups is 1. The molecule has 0 N–H and O–H groups in total. The van der Waals surface area contributed by atoms with Gasteiger partial charge in [0.1, 0.15) is 11.5 Å². The van der Waals surface area contributed by atoms with Gasteiger partial charge in [-0.25, -0.2) is 5.01 Å². The second kappa shape index (κ2) is 7.35. The first kappa shape index (κ1) is 18.0. The van der Waals surface area contributed by atoms with E-state index in [9.17, 15) is 4.79 Å². The fourth-order valence-corrected chi connectivity index (χ4v) is 3.63. The first-order valence-electron chi connectivity index (χ1n) is 9.18. The molecule has 0 bridgehead atoms. The van der Waals surface area contributed by atoms with Crippen molar-refractivity contribution in [3.8, 4) is 11.5 Å². The molecular weight excluding hydrogens is 352 g/mol. The Balaban J connectivity index is 1.72. The minimum atomic E-state index is -0.192. The third-order valence-corrected chi connectivity index (χ3v) is 5.07. The number of fused-ring (bicyclic) bond motifs is 1. The van der Waals surface area contributed by atoms with Crippen molar-refractivity contribution in [3.05, 3.63) is 71.8 Å². The molecule has 4 rings (SSSR count). The number of carbonyl (C=O) groups excluding carboxylic acids is 1. The summed E-state index contributed by atoms with van der Waals surface area (Å²) in [7, 11) is 3.24. The van der Waals surface area contributed by atoms with Crippen LogP contribution in [0.1, 0.15) is 30.5 Å². The molecule has 0 saturated carbocycles. The highest BCUT2D eigenvalue weighted by atomic mass is 16.5. The van der Waals surface area contributed by atoms with E-state index in [1.807, 2.05) is 30.3 Å². The molecule has 3 aromatic carbocycles. The molecule has 0 aliphatic carbocycles. The number of benzene rings is 3. The number of ether oxygens (including phenoxy) is 2. The molecule has 1 amide bonds. The van der Waals surface area contributed by atoms with Crippen molar-refractivity contribution in [1.29, 1.82) is 0 Å². The number of methoxy groups -OCH3 is 2. The summed E-state index contributed by atoms with van der Waals surface area (Å²) in [6.45, 7) is 1.54. The van der Waals surface area contributed by atoms with Gasteiger partial charge in [-0.15, -0.1) is 0 Å². The largest absolute Gasteiger partial charge is 0.497 e. The summed E-state index contributed by atoms with van der Waals surface area (Å²) < 4.78 is 10.8. The fourth-order valence-electron chi connectivity index (χ4n) is 3.63. The zero-order valence-corrected chi connectivity index (χ0v) is 16.2. The Morgan fingerprint density at radius 3 is 2.29 bits per heavy atom. The SMILES string of the molecule is COc1cc(OC)cc(C2CC(c3ccc4ccccc4c3)=NN2C(C)=O)c1. The van der Waals surface area contributed by atoms with Crippen LogP contribution in [0.15, 0.2) is 65.8 Å². The van der Waals surface area contributed by atoms with Crippen LogP contribution in [0.3, 0.4) is 0 Å². The number of amides is 1. The van der Waals surface area contributed by atoms with Crippen LogP contribution in [0.5, 0.6) is 11.5 Å². The number of rotatable bonds is 4. The third-order valence-electron chi connectivity index (χ3n) is 5.07. The first-order chi connectivity index (χ1) is 13.6. The van der Waals surface area contributed by atoms with Gasteiger partial charge >= 0.3 is 0 Å². The van der Waals surface area contributed by atoms with Crippen molar-refractivity contribution >= 4 is 22.4 Å². The Hall–Kier alpha value is -3.34. The first-order valence-corrected chi connectivity index (χ1v) is 9.18. The lowest BCUT2D eigenvalue weighted by atomic mass is 9.96. The molecule has 3 aromatic rings. The molecule has 28 heavy (non-hydrogen) atoms. The van der Waals surface area contributed by atoms with Gasteiger partial charge in [0.2, 0.25) is 5.91 Å². The van der Waals surface area contributed by atoms with Crippen molar-refractivity contribution in [3.63, 3.8) is 0 Å². The minimum Gasteiger partial charge on any atom is -0.497 e. The van der Waals surface area contributed by atoms with E-state index in [4.69, 9.17) is 9.47 Å². The number of hydrogen-bond acceptors (Lipinski definition) is 4. The summed E-state index contributed by atoms with van der Waals surface area (Å²) >= 11 is 0. The van der Waals surface area contributed by atoms with Crippen molar-refractivity contribution < 1.29 is 14.3 Å². The molecule has 0 aromatic heterocycles. The molecule has 1 unspecified atom stereocenters. The average Bonchev–Trinajstić information content (AvgIpc) is 3.19. The maximum atomic E-state index is 12.3. The second-order valence-electron chi connectivity index (χ2n) is 6.84. The third kappa shape index (κ3) is 3.31. The molecule has 0 spiro atoms. The normalized spacial score (nSPS) is 16.2. The van der Waals surface area contributed by atoms with E-state index < -0.39 is 0 Å². The smallest absolute Gasteiger partial charge is 0.240 e. The quantitative estimate of drug-likeness (QED) is 0.673. The lowest BCUT2D eigenvalue weighted by molar-refractivity contribution is -0.130. The monoisotopic (exact) mass is 374 g/mol. The summed E-state index contributed by atoms with van der Waals surface area (Å²) in [5.41, 5.74) is 2.86. The van der Waals surface area contributed by atoms with Gasteiger partial charge in [0.15, 0.2) is 0 Å². The van der Waals surface area contributed by atoms with Gasteiger partial charge in [0, 0.05) is 19.4 Å². The Morgan fingerprint density at radius 1 is 0.964 bits per heavy atom. The molecule has 1 aliphatic heterocycles. The van der Waals surface area contributed by atoms with Gasteiger partial charge in [0.25, 0.3) is 0 Å². The summed E-state index contributed by atoms with van der Waals surface area (Å²) in [6, 6.07) is 20.0. The number of hydrogen-bond donors (Lipinski definition) is 0. The summed E-state index contributed by atoms with van der Waals surface area (Å²) in [5.74, 6) is 1.29. The molecule has 0 saturated heterocycles. The predicted octanol–water partition coefficient (Wildman–Crippen LogP) is 4.55. The molecule has 0 radical (unpaired) electrons. The van der Waals surface area contributed by atoms with Crippen LogP contribution in [0, 0.1) is 0 Å². The van der Waals surface area contributed by atoms with Crippen LogP contribution in [-0.2, 0) is 4.79 Å². The highest BCUT2D eigenvalue weighted by Crippen LogP contribution is 2.36. The Kier molecular flexibility index (Phi) is 4.74. The zero-order valence-electron chi connectivity index (χ0n) is 16.2. The molecule has 1 aliphatic rings. The Labute approximate surface area is 164 Å². The van der Waals surface area contributed by atoms with Crippen molar-refractivity contribution in [2.24, 2.45) is 5.10 Å². The molecular formula is C23H22N2O3. The maximum Gasteiger partial charge on any atom is 0.240 e. The lowest BCUT2D eigenvalue weighted by Gasteiger charge is -2.21. The van der Waals surface area contributed by atoms with Gasteiger partial charge in [-0.3, -0.25) is 4.79 Å². The minimum absolute atomic E-state index is 0.0948. The van der Waals surface area contributed by atoms with Gasteiger partial charge in [-0.05, 0) is 40.1 Å². The standard InChI is InChI=1S/C23H22N2O3/c1-15(26)25-23(19-11-20(27-2)13-21(12-19)28-3)14-22(24-25)18-9-8-16-6-4-5-7-17(16)10-18/h4-13,23H,14H2,1-3H3. The summed E-state index contributed by atoms with van der Waals surface area (Å²) in [5, 5.41) is 8.55. The Morgan fingerprint density at radius 2 is 1.64 bits per heavy atom. The van der Waals surface area contributed by atoms with E-state index in [-0.39, 0.29) is 11.9 Å².